The quantitative estimate of drug-likeness (QED) is 0.606. The van der Waals surface area contributed by atoms with E-state index in [2.05, 4.69) is 46.1 Å². The molecule has 0 aliphatic rings. The van der Waals surface area contributed by atoms with E-state index in [1.54, 1.807) is 0 Å². The molecule has 0 saturated heterocycles. The Morgan fingerprint density at radius 2 is 1.95 bits per heavy atom. The summed E-state index contributed by atoms with van der Waals surface area (Å²) in [4.78, 5) is 13.1. The smallest absolute Gasteiger partial charge is 0.305 e. The number of hydrogen-bond acceptors (Lipinski definition) is 4. The molecule has 106 valence electrons. The number of anilines is 1. The predicted molar refractivity (Wildman–Crippen MR) is 78.4 cm³/mol. The maximum absolute atomic E-state index is 11.0. The molecule has 4 nitrogen and oxygen atoms in total. The lowest BCUT2D eigenvalue weighted by Crippen LogP contribution is -2.20. The zero-order valence-corrected chi connectivity index (χ0v) is 12.3. The van der Waals surface area contributed by atoms with Gasteiger partial charge in [-0.3, -0.25) is 4.79 Å². The molecule has 0 heterocycles. The van der Waals surface area contributed by atoms with Crippen LogP contribution in [0.2, 0.25) is 0 Å². The van der Waals surface area contributed by atoms with Crippen LogP contribution in [0.1, 0.15) is 31.4 Å². The first-order valence-electron chi connectivity index (χ1n) is 6.62. The van der Waals surface area contributed by atoms with Crippen molar-refractivity contribution >= 4 is 11.7 Å². The lowest BCUT2D eigenvalue weighted by molar-refractivity contribution is -0.140. The standard InChI is InChI=1S/C15H24N2O2/c1-12(16-11-5-6-15(18)19-4)13-7-9-14(10-8-13)17(2)3/h7-10,12,16H,5-6,11H2,1-4H3. The lowest BCUT2D eigenvalue weighted by Gasteiger charge is -2.17. The van der Waals surface area contributed by atoms with Crippen LogP contribution in [0.15, 0.2) is 24.3 Å². The number of benzene rings is 1. The van der Waals surface area contributed by atoms with E-state index >= 15 is 0 Å². The molecule has 0 aliphatic heterocycles. The highest BCUT2D eigenvalue weighted by molar-refractivity contribution is 5.69. The van der Waals surface area contributed by atoms with Crippen molar-refractivity contribution in [1.82, 2.24) is 5.32 Å². The van der Waals surface area contributed by atoms with Crippen LogP contribution in [0, 0.1) is 0 Å². The minimum Gasteiger partial charge on any atom is -0.469 e. The van der Waals surface area contributed by atoms with Crippen molar-refractivity contribution in [3.63, 3.8) is 0 Å². The van der Waals surface area contributed by atoms with E-state index in [0.717, 1.165) is 13.0 Å². The summed E-state index contributed by atoms with van der Waals surface area (Å²) in [6, 6.07) is 8.78. The van der Waals surface area contributed by atoms with Gasteiger partial charge < -0.3 is 15.0 Å². The Kier molecular flexibility index (Phi) is 6.36. The number of rotatable bonds is 7. The van der Waals surface area contributed by atoms with Crippen LogP contribution in [0.5, 0.6) is 0 Å². The molecule has 1 atom stereocenters. The molecule has 0 radical (unpaired) electrons. The van der Waals surface area contributed by atoms with Gasteiger partial charge in [0.1, 0.15) is 0 Å². The van der Waals surface area contributed by atoms with Gasteiger partial charge in [-0.1, -0.05) is 12.1 Å². The van der Waals surface area contributed by atoms with Crippen LogP contribution in [-0.2, 0) is 9.53 Å². The highest BCUT2D eigenvalue weighted by Gasteiger charge is 2.06. The van der Waals surface area contributed by atoms with Gasteiger partial charge in [-0.05, 0) is 37.6 Å². The Morgan fingerprint density at radius 1 is 1.32 bits per heavy atom. The molecule has 4 heteroatoms. The number of hydrogen-bond donors (Lipinski definition) is 1. The van der Waals surface area contributed by atoms with Gasteiger partial charge in [-0.2, -0.15) is 0 Å². The van der Waals surface area contributed by atoms with Crippen molar-refractivity contribution in [2.45, 2.75) is 25.8 Å². The van der Waals surface area contributed by atoms with Crippen LogP contribution < -0.4 is 10.2 Å². The van der Waals surface area contributed by atoms with Crippen LogP contribution in [0.4, 0.5) is 5.69 Å². The molecule has 0 aliphatic carbocycles. The molecule has 1 aromatic rings. The van der Waals surface area contributed by atoms with Gasteiger partial charge in [-0.25, -0.2) is 0 Å². The number of carbonyl (C=O) groups excluding carboxylic acids is 1. The Labute approximate surface area is 115 Å². The number of nitrogens with one attached hydrogen (secondary N) is 1. The van der Waals surface area contributed by atoms with Crippen molar-refractivity contribution in [3.8, 4) is 0 Å². The summed E-state index contributed by atoms with van der Waals surface area (Å²) in [6.45, 7) is 2.94. The van der Waals surface area contributed by atoms with E-state index < -0.39 is 0 Å². The number of ether oxygens (including phenoxy) is 1. The first kappa shape index (κ1) is 15.5. The van der Waals surface area contributed by atoms with Gasteiger partial charge in [-0.15, -0.1) is 0 Å². The second-order valence-corrected chi connectivity index (χ2v) is 4.84. The minimum atomic E-state index is -0.148. The van der Waals surface area contributed by atoms with Gasteiger partial charge in [0.15, 0.2) is 0 Å². The number of nitrogens with zero attached hydrogens (tertiary/aromatic N) is 1. The summed E-state index contributed by atoms with van der Waals surface area (Å²) < 4.78 is 4.61. The molecule has 1 aromatic carbocycles. The van der Waals surface area contributed by atoms with E-state index in [1.807, 2.05) is 14.1 Å². The predicted octanol–water partition coefficient (Wildman–Crippen LogP) is 2.36. The number of carbonyl (C=O) groups is 1. The molecular weight excluding hydrogens is 240 g/mol. The summed E-state index contributed by atoms with van der Waals surface area (Å²) in [6.07, 6.45) is 1.27. The summed E-state index contributed by atoms with van der Waals surface area (Å²) in [5, 5.41) is 3.41. The summed E-state index contributed by atoms with van der Waals surface area (Å²) in [5.74, 6) is -0.148. The van der Waals surface area contributed by atoms with Crippen molar-refractivity contribution < 1.29 is 9.53 Å². The zero-order chi connectivity index (χ0) is 14.3. The summed E-state index contributed by atoms with van der Waals surface area (Å²) in [5.41, 5.74) is 2.45. The molecule has 1 unspecified atom stereocenters. The van der Waals surface area contributed by atoms with Crippen LogP contribution in [-0.4, -0.2) is 33.7 Å². The van der Waals surface area contributed by atoms with E-state index in [0.29, 0.717) is 6.42 Å². The third-order valence-electron chi connectivity index (χ3n) is 3.15. The second-order valence-electron chi connectivity index (χ2n) is 4.84. The normalized spacial score (nSPS) is 12.0. The number of methoxy groups -OCH3 is 1. The molecule has 1 N–H and O–H groups in total. The molecule has 0 saturated carbocycles. The first-order valence-corrected chi connectivity index (χ1v) is 6.62. The maximum Gasteiger partial charge on any atom is 0.305 e. The van der Waals surface area contributed by atoms with Gasteiger partial charge in [0.2, 0.25) is 0 Å². The maximum atomic E-state index is 11.0. The monoisotopic (exact) mass is 264 g/mol. The Balaban J connectivity index is 2.36. The van der Waals surface area contributed by atoms with Crippen molar-refractivity contribution in [2.24, 2.45) is 0 Å². The first-order chi connectivity index (χ1) is 9.04. The fraction of sp³-hybridized carbons (Fsp3) is 0.533. The van der Waals surface area contributed by atoms with Crippen molar-refractivity contribution in [2.75, 3.05) is 32.6 Å². The van der Waals surface area contributed by atoms with Gasteiger partial charge in [0.25, 0.3) is 0 Å². The van der Waals surface area contributed by atoms with Gasteiger partial charge in [0, 0.05) is 32.2 Å². The number of esters is 1. The molecule has 0 amide bonds. The SMILES string of the molecule is COC(=O)CCCNC(C)c1ccc(N(C)C)cc1. The molecule has 0 fully saturated rings. The summed E-state index contributed by atoms with van der Waals surface area (Å²) in [7, 11) is 5.48. The molecule has 19 heavy (non-hydrogen) atoms. The Morgan fingerprint density at radius 3 is 2.47 bits per heavy atom. The minimum absolute atomic E-state index is 0.148. The highest BCUT2D eigenvalue weighted by Crippen LogP contribution is 2.17. The van der Waals surface area contributed by atoms with Crippen LogP contribution >= 0.6 is 0 Å². The van der Waals surface area contributed by atoms with E-state index in [-0.39, 0.29) is 12.0 Å². The third kappa shape index (κ3) is 5.30. The third-order valence-corrected chi connectivity index (χ3v) is 3.15. The highest BCUT2D eigenvalue weighted by atomic mass is 16.5. The average molecular weight is 264 g/mol. The molecule has 0 aromatic heterocycles. The summed E-state index contributed by atoms with van der Waals surface area (Å²) >= 11 is 0. The molecule has 0 bridgehead atoms. The zero-order valence-electron chi connectivity index (χ0n) is 12.3. The molecular formula is C15H24N2O2. The largest absolute Gasteiger partial charge is 0.469 e. The van der Waals surface area contributed by atoms with Gasteiger partial charge in [0.05, 0.1) is 7.11 Å². The Bertz CT molecular complexity index is 388. The fourth-order valence-corrected chi connectivity index (χ4v) is 1.83. The van der Waals surface area contributed by atoms with E-state index in [1.165, 1.54) is 18.4 Å². The van der Waals surface area contributed by atoms with Gasteiger partial charge >= 0.3 is 5.97 Å². The Hall–Kier alpha value is -1.55. The lowest BCUT2D eigenvalue weighted by atomic mass is 10.1. The average Bonchev–Trinajstić information content (AvgIpc) is 2.43. The van der Waals surface area contributed by atoms with Crippen molar-refractivity contribution in [3.05, 3.63) is 29.8 Å². The second kappa shape index (κ2) is 7.79. The fourth-order valence-electron chi connectivity index (χ4n) is 1.83. The molecule has 0 spiro atoms. The molecule has 1 rings (SSSR count). The topological polar surface area (TPSA) is 41.6 Å². The van der Waals surface area contributed by atoms with E-state index in [4.69, 9.17) is 0 Å². The van der Waals surface area contributed by atoms with Crippen LogP contribution in [0.3, 0.4) is 0 Å². The van der Waals surface area contributed by atoms with Crippen LogP contribution in [0.25, 0.3) is 0 Å². The van der Waals surface area contributed by atoms with Crippen molar-refractivity contribution in [1.29, 1.82) is 0 Å². The van der Waals surface area contributed by atoms with E-state index in [9.17, 15) is 4.79 Å².